The molecule has 0 aromatic heterocycles. The van der Waals surface area contributed by atoms with E-state index < -0.39 is 11.4 Å². The van der Waals surface area contributed by atoms with Crippen LogP contribution < -0.4 is 0 Å². The quantitative estimate of drug-likeness (QED) is 0.466. The van der Waals surface area contributed by atoms with Crippen molar-refractivity contribution in [2.45, 2.75) is 86.5 Å². The van der Waals surface area contributed by atoms with Gasteiger partial charge in [-0.25, -0.2) is 0 Å². The molecule has 0 saturated heterocycles. The Morgan fingerprint density at radius 3 is 2.33 bits per heavy atom. The summed E-state index contributed by atoms with van der Waals surface area (Å²) in [7, 11) is 0. The molecule has 0 aromatic carbocycles. The third kappa shape index (κ3) is 2.64. The van der Waals surface area contributed by atoms with Crippen molar-refractivity contribution < 1.29 is 19.8 Å². The molecule has 5 rings (SSSR count). The predicted molar refractivity (Wildman–Crippen MR) is 129 cm³/mol. The molecule has 0 aliphatic heterocycles. The highest BCUT2D eigenvalue weighted by Crippen LogP contribution is 2.75. The Balaban J connectivity index is 1.64. The average molecular weight is 451 g/mol. The Hall–Kier alpha value is -2.10. The number of hydrogen-bond donors (Lipinski definition) is 2. The van der Waals surface area contributed by atoms with Crippen LogP contribution in [0.4, 0.5) is 0 Å². The third-order valence-electron chi connectivity index (χ3n) is 11.3. The number of carboxylic acid groups (broad SMARTS) is 1. The van der Waals surface area contributed by atoms with Gasteiger partial charge in [0.15, 0.2) is 5.76 Å². The van der Waals surface area contributed by atoms with E-state index in [0.29, 0.717) is 11.5 Å². The zero-order valence-electron chi connectivity index (χ0n) is 21.0. The van der Waals surface area contributed by atoms with E-state index in [1.54, 1.807) is 6.08 Å². The second-order valence-electron chi connectivity index (χ2n) is 12.9. The molecule has 4 nitrogen and oxygen atoms in total. The summed E-state index contributed by atoms with van der Waals surface area (Å²) >= 11 is 0. The van der Waals surface area contributed by atoms with Crippen LogP contribution in [0.5, 0.6) is 0 Å². The van der Waals surface area contributed by atoms with Crippen LogP contribution in [0.2, 0.25) is 0 Å². The topological polar surface area (TPSA) is 74.6 Å². The zero-order chi connectivity index (χ0) is 24.2. The summed E-state index contributed by atoms with van der Waals surface area (Å²) in [5.41, 5.74) is 3.27. The summed E-state index contributed by atoms with van der Waals surface area (Å²) in [6.45, 7) is 13.3. The van der Waals surface area contributed by atoms with Crippen molar-refractivity contribution in [2.24, 2.45) is 33.0 Å². The molecule has 4 heteroatoms. The van der Waals surface area contributed by atoms with Gasteiger partial charge in [-0.2, -0.15) is 0 Å². The predicted octanol–water partition coefficient (Wildman–Crippen LogP) is 6.70. The van der Waals surface area contributed by atoms with Crippen LogP contribution in [-0.4, -0.2) is 22.0 Å². The van der Waals surface area contributed by atoms with E-state index in [9.17, 15) is 19.8 Å². The van der Waals surface area contributed by atoms with Gasteiger partial charge in [0.2, 0.25) is 5.78 Å². The van der Waals surface area contributed by atoms with Crippen molar-refractivity contribution in [3.8, 4) is 0 Å². The number of fused-ring (bicyclic) bond motifs is 7. The first-order valence-electron chi connectivity index (χ1n) is 12.6. The maximum Gasteiger partial charge on any atom is 0.309 e. The molecule has 178 valence electrons. The van der Waals surface area contributed by atoms with E-state index in [1.165, 1.54) is 5.57 Å². The van der Waals surface area contributed by atoms with Gasteiger partial charge < -0.3 is 10.2 Å². The highest BCUT2D eigenvalue weighted by atomic mass is 16.4. The van der Waals surface area contributed by atoms with Crippen LogP contribution >= 0.6 is 0 Å². The van der Waals surface area contributed by atoms with E-state index in [1.807, 2.05) is 13.8 Å². The first-order valence-corrected chi connectivity index (χ1v) is 12.6. The number of aliphatic carboxylic acids is 1. The molecule has 1 unspecified atom stereocenters. The number of allylic oxidation sites excluding steroid dienone is 7. The summed E-state index contributed by atoms with van der Waals surface area (Å²) in [5.74, 6) is -0.679. The summed E-state index contributed by atoms with van der Waals surface area (Å²) < 4.78 is 0. The Kier molecular flexibility index (Phi) is 4.48. The zero-order valence-corrected chi connectivity index (χ0v) is 21.0. The first-order chi connectivity index (χ1) is 15.2. The molecule has 3 saturated carbocycles. The fraction of sp³-hybridized carbons (Fsp3) is 0.655. The molecule has 0 heterocycles. The molecule has 0 amide bonds. The molecule has 0 radical (unpaired) electrons. The second kappa shape index (κ2) is 6.52. The molecule has 6 atom stereocenters. The summed E-state index contributed by atoms with van der Waals surface area (Å²) in [5, 5.41) is 20.4. The van der Waals surface area contributed by atoms with Crippen molar-refractivity contribution in [2.75, 3.05) is 0 Å². The van der Waals surface area contributed by atoms with Gasteiger partial charge in [-0.05, 0) is 98.2 Å². The van der Waals surface area contributed by atoms with Crippen LogP contribution in [0.1, 0.15) is 86.5 Å². The van der Waals surface area contributed by atoms with E-state index in [4.69, 9.17) is 0 Å². The lowest BCUT2D eigenvalue weighted by Crippen LogP contribution is -2.62. The van der Waals surface area contributed by atoms with Gasteiger partial charge in [-0.3, -0.25) is 9.59 Å². The first kappa shape index (κ1) is 22.7. The van der Waals surface area contributed by atoms with Crippen LogP contribution in [0.15, 0.2) is 46.3 Å². The number of hydrogen-bond acceptors (Lipinski definition) is 3. The normalized spacial score (nSPS) is 46.8. The van der Waals surface area contributed by atoms with Crippen LogP contribution in [0.3, 0.4) is 0 Å². The van der Waals surface area contributed by atoms with E-state index in [0.717, 1.165) is 56.1 Å². The van der Waals surface area contributed by atoms with Crippen LogP contribution in [0, 0.1) is 33.0 Å². The lowest BCUT2D eigenvalue weighted by atomic mass is 9.35. The SMILES string of the molecule is CC1=C(O)C(=O)C=C2C1=CC=C1[C@@]2(C)CCC2[C@]3(C)C[C@](C)(C(=O)O)CC[C@]3(C)CC[C@]12C. The van der Waals surface area contributed by atoms with Crippen LogP contribution in [0.25, 0.3) is 0 Å². The highest BCUT2D eigenvalue weighted by Gasteiger charge is 2.67. The van der Waals surface area contributed by atoms with E-state index in [2.05, 4.69) is 39.8 Å². The van der Waals surface area contributed by atoms with Crippen molar-refractivity contribution >= 4 is 11.8 Å². The largest absolute Gasteiger partial charge is 0.504 e. The molecule has 5 aliphatic rings. The fourth-order valence-corrected chi connectivity index (χ4v) is 8.94. The Labute approximate surface area is 197 Å². The number of carbonyl (C=O) groups is 2. The fourth-order valence-electron chi connectivity index (χ4n) is 8.94. The number of carbonyl (C=O) groups excluding carboxylic acids is 1. The van der Waals surface area contributed by atoms with Gasteiger partial charge in [0.05, 0.1) is 5.41 Å². The van der Waals surface area contributed by atoms with Gasteiger partial charge in [0.1, 0.15) is 0 Å². The summed E-state index contributed by atoms with van der Waals surface area (Å²) in [4.78, 5) is 24.8. The molecule has 5 aliphatic carbocycles. The Bertz CT molecular complexity index is 1100. The third-order valence-corrected chi connectivity index (χ3v) is 11.3. The Morgan fingerprint density at radius 1 is 1.00 bits per heavy atom. The standard InChI is InChI=1S/C29H38O4/c1-17-18-7-8-21-27(4,19(18)15-20(30)23(17)31)10-9-22-28(21,5)14-13-26(3)12-11-25(2,24(32)33)16-29(22,26)6/h7-8,15,22,31H,9-14,16H2,1-6H3,(H,32,33)/t22?,25-,26-,27+,28-,29+/m1/s1. The molecule has 0 aromatic rings. The number of carboxylic acids is 1. The molecular formula is C29H38O4. The lowest BCUT2D eigenvalue weighted by molar-refractivity contribution is -0.186. The lowest BCUT2D eigenvalue weighted by Gasteiger charge is -2.69. The minimum absolute atomic E-state index is 0.0406. The van der Waals surface area contributed by atoms with Crippen molar-refractivity contribution in [3.63, 3.8) is 0 Å². The summed E-state index contributed by atoms with van der Waals surface area (Å²) in [6.07, 6.45) is 12.7. The number of aliphatic hydroxyl groups is 1. The maximum absolute atomic E-state index is 12.6. The molecule has 0 spiro atoms. The Morgan fingerprint density at radius 2 is 1.67 bits per heavy atom. The van der Waals surface area contributed by atoms with Crippen molar-refractivity contribution in [1.29, 1.82) is 0 Å². The number of rotatable bonds is 1. The number of aliphatic hydroxyl groups excluding tert-OH is 1. The number of ketones is 1. The van der Waals surface area contributed by atoms with Gasteiger partial charge in [0, 0.05) is 11.0 Å². The molecule has 0 bridgehead atoms. The minimum Gasteiger partial charge on any atom is -0.504 e. The monoisotopic (exact) mass is 450 g/mol. The van der Waals surface area contributed by atoms with Gasteiger partial charge in [-0.15, -0.1) is 0 Å². The molecule has 2 N–H and O–H groups in total. The maximum atomic E-state index is 12.6. The van der Waals surface area contributed by atoms with Gasteiger partial charge in [-0.1, -0.05) is 45.4 Å². The van der Waals surface area contributed by atoms with Crippen molar-refractivity contribution in [3.05, 3.63) is 46.3 Å². The smallest absolute Gasteiger partial charge is 0.309 e. The summed E-state index contributed by atoms with van der Waals surface area (Å²) in [6, 6.07) is 0. The highest BCUT2D eigenvalue weighted by molar-refractivity contribution is 6.06. The second-order valence-corrected chi connectivity index (χ2v) is 12.9. The van der Waals surface area contributed by atoms with Gasteiger partial charge >= 0.3 is 5.97 Å². The molecule has 33 heavy (non-hydrogen) atoms. The minimum atomic E-state index is -0.668. The van der Waals surface area contributed by atoms with Crippen LogP contribution in [-0.2, 0) is 9.59 Å². The van der Waals surface area contributed by atoms with Gasteiger partial charge in [0.25, 0.3) is 0 Å². The van der Waals surface area contributed by atoms with E-state index >= 15 is 0 Å². The average Bonchev–Trinajstić information content (AvgIpc) is 2.73. The van der Waals surface area contributed by atoms with Crippen molar-refractivity contribution in [1.82, 2.24) is 0 Å². The molecular weight excluding hydrogens is 412 g/mol. The molecule has 3 fully saturated rings. The van der Waals surface area contributed by atoms with E-state index in [-0.39, 0.29) is 33.2 Å².